The SMILES string of the molecule is NC(=O)C1CCCCCC1Nc1ncccn1. The van der Waals surface area contributed by atoms with Crippen molar-refractivity contribution in [2.24, 2.45) is 11.7 Å². The maximum atomic E-state index is 11.4. The molecule has 1 heterocycles. The molecule has 0 aliphatic heterocycles. The highest BCUT2D eigenvalue weighted by Gasteiger charge is 2.28. The van der Waals surface area contributed by atoms with Crippen molar-refractivity contribution in [1.29, 1.82) is 0 Å². The maximum absolute atomic E-state index is 11.4. The van der Waals surface area contributed by atoms with E-state index in [1.807, 2.05) is 0 Å². The fourth-order valence-electron chi connectivity index (χ4n) is 2.36. The van der Waals surface area contributed by atoms with Crippen LogP contribution in [0.25, 0.3) is 0 Å². The second-order valence-electron chi connectivity index (χ2n) is 4.47. The molecule has 1 aliphatic rings. The summed E-state index contributed by atoms with van der Waals surface area (Å²) in [6, 6.07) is 1.83. The van der Waals surface area contributed by atoms with Crippen molar-refractivity contribution in [3.8, 4) is 0 Å². The van der Waals surface area contributed by atoms with Gasteiger partial charge in [-0.25, -0.2) is 9.97 Å². The molecule has 1 fully saturated rings. The number of nitrogens with two attached hydrogens (primary N) is 1. The van der Waals surface area contributed by atoms with Crippen molar-refractivity contribution in [3.63, 3.8) is 0 Å². The Morgan fingerprint density at radius 2 is 1.94 bits per heavy atom. The zero-order valence-electron chi connectivity index (χ0n) is 9.80. The van der Waals surface area contributed by atoms with Crippen LogP contribution in [0.3, 0.4) is 0 Å². The van der Waals surface area contributed by atoms with Gasteiger partial charge in [-0.15, -0.1) is 0 Å². The molecule has 1 aromatic heterocycles. The molecule has 2 unspecified atom stereocenters. The first-order valence-electron chi connectivity index (χ1n) is 6.10. The molecule has 1 aromatic rings. The van der Waals surface area contributed by atoms with E-state index in [1.54, 1.807) is 18.5 Å². The van der Waals surface area contributed by atoms with Gasteiger partial charge in [-0.3, -0.25) is 4.79 Å². The molecule has 1 aliphatic carbocycles. The number of rotatable bonds is 3. The zero-order valence-corrected chi connectivity index (χ0v) is 9.80. The molecule has 17 heavy (non-hydrogen) atoms. The van der Waals surface area contributed by atoms with Crippen LogP contribution in [-0.2, 0) is 4.79 Å². The van der Waals surface area contributed by atoms with Crippen LogP contribution in [-0.4, -0.2) is 21.9 Å². The first-order valence-corrected chi connectivity index (χ1v) is 6.10. The predicted molar refractivity (Wildman–Crippen MR) is 65.2 cm³/mol. The number of carbonyl (C=O) groups is 1. The number of anilines is 1. The van der Waals surface area contributed by atoms with Crippen molar-refractivity contribution < 1.29 is 4.79 Å². The normalized spacial score (nSPS) is 24.9. The van der Waals surface area contributed by atoms with E-state index in [0.29, 0.717) is 5.95 Å². The van der Waals surface area contributed by atoms with Gasteiger partial charge in [-0.05, 0) is 18.9 Å². The van der Waals surface area contributed by atoms with E-state index >= 15 is 0 Å². The molecule has 0 saturated heterocycles. The minimum absolute atomic E-state index is 0.0670. The largest absolute Gasteiger partial charge is 0.369 e. The second kappa shape index (κ2) is 5.61. The summed E-state index contributed by atoms with van der Waals surface area (Å²) in [5.74, 6) is 0.243. The van der Waals surface area contributed by atoms with Gasteiger partial charge in [0.15, 0.2) is 0 Å². The maximum Gasteiger partial charge on any atom is 0.222 e. The van der Waals surface area contributed by atoms with E-state index in [4.69, 9.17) is 5.73 Å². The number of carbonyl (C=O) groups excluding carboxylic acids is 1. The molecule has 3 N–H and O–H groups in total. The zero-order chi connectivity index (χ0) is 12.1. The highest BCUT2D eigenvalue weighted by Crippen LogP contribution is 2.25. The third kappa shape index (κ3) is 3.15. The fraction of sp³-hybridized carbons (Fsp3) is 0.583. The number of primary amides is 1. The number of nitrogens with one attached hydrogen (secondary N) is 1. The third-order valence-corrected chi connectivity index (χ3v) is 3.26. The van der Waals surface area contributed by atoms with Gasteiger partial charge in [0.1, 0.15) is 0 Å². The summed E-state index contributed by atoms with van der Waals surface area (Å²) >= 11 is 0. The molecule has 1 amide bonds. The van der Waals surface area contributed by atoms with E-state index < -0.39 is 0 Å². The van der Waals surface area contributed by atoms with Crippen molar-refractivity contribution in [2.45, 2.75) is 38.1 Å². The number of hydrogen-bond acceptors (Lipinski definition) is 4. The molecule has 2 rings (SSSR count). The summed E-state index contributed by atoms with van der Waals surface area (Å²) in [5, 5.41) is 3.23. The molecule has 0 bridgehead atoms. The van der Waals surface area contributed by atoms with Crippen molar-refractivity contribution in [3.05, 3.63) is 18.5 Å². The summed E-state index contributed by atoms with van der Waals surface area (Å²) in [6.45, 7) is 0. The number of aromatic nitrogens is 2. The summed E-state index contributed by atoms with van der Waals surface area (Å²) in [5.41, 5.74) is 5.46. The van der Waals surface area contributed by atoms with Gasteiger partial charge in [-0.1, -0.05) is 19.3 Å². The lowest BCUT2D eigenvalue weighted by Crippen LogP contribution is -2.38. The van der Waals surface area contributed by atoms with E-state index in [2.05, 4.69) is 15.3 Å². The lowest BCUT2D eigenvalue weighted by molar-refractivity contribution is -0.122. The fourth-order valence-corrected chi connectivity index (χ4v) is 2.36. The predicted octanol–water partition coefficient (Wildman–Crippen LogP) is 1.32. The third-order valence-electron chi connectivity index (χ3n) is 3.26. The standard InChI is InChI=1S/C12H18N4O/c13-11(17)9-5-2-1-3-6-10(9)16-12-14-7-4-8-15-12/h4,7-10H,1-3,5-6H2,(H2,13,17)(H,14,15,16). The summed E-state index contributed by atoms with van der Waals surface area (Å²) in [6.07, 6.45) is 8.54. The van der Waals surface area contributed by atoms with Crippen LogP contribution >= 0.6 is 0 Å². The van der Waals surface area contributed by atoms with Crippen molar-refractivity contribution in [1.82, 2.24) is 9.97 Å². The van der Waals surface area contributed by atoms with Gasteiger partial charge < -0.3 is 11.1 Å². The molecule has 0 radical (unpaired) electrons. The van der Waals surface area contributed by atoms with Crippen LogP contribution in [0, 0.1) is 5.92 Å². The lowest BCUT2D eigenvalue weighted by atomic mass is 9.94. The molecule has 92 valence electrons. The highest BCUT2D eigenvalue weighted by atomic mass is 16.1. The topological polar surface area (TPSA) is 80.9 Å². The molecular formula is C12H18N4O. The molecule has 1 saturated carbocycles. The Morgan fingerprint density at radius 1 is 1.24 bits per heavy atom. The Kier molecular flexibility index (Phi) is 3.90. The Labute approximate surface area is 101 Å². The molecule has 2 atom stereocenters. The van der Waals surface area contributed by atoms with Crippen LogP contribution in [0.4, 0.5) is 5.95 Å². The summed E-state index contributed by atoms with van der Waals surface area (Å²) in [4.78, 5) is 19.7. The number of amides is 1. The van der Waals surface area contributed by atoms with Crippen LogP contribution in [0.5, 0.6) is 0 Å². The van der Waals surface area contributed by atoms with Gasteiger partial charge >= 0.3 is 0 Å². The molecule has 5 heteroatoms. The second-order valence-corrected chi connectivity index (χ2v) is 4.47. The Balaban J connectivity index is 2.07. The Morgan fingerprint density at radius 3 is 2.65 bits per heavy atom. The first-order chi connectivity index (χ1) is 8.27. The number of nitrogens with zero attached hydrogens (tertiary/aromatic N) is 2. The Hall–Kier alpha value is -1.65. The van der Waals surface area contributed by atoms with E-state index in [1.165, 1.54) is 0 Å². The highest BCUT2D eigenvalue weighted by molar-refractivity contribution is 5.77. The van der Waals surface area contributed by atoms with E-state index in [0.717, 1.165) is 32.1 Å². The smallest absolute Gasteiger partial charge is 0.222 e. The van der Waals surface area contributed by atoms with Gasteiger partial charge in [0.2, 0.25) is 11.9 Å². The molecule has 0 aromatic carbocycles. The van der Waals surface area contributed by atoms with Gasteiger partial charge in [0.25, 0.3) is 0 Å². The van der Waals surface area contributed by atoms with Gasteiger partial charge in [-0.2, -0.15) is 0 Å². The number of hydrogen-bond donors (Lipinski definition) is 2. The van der Waals surface area contributed by atoms with E-state index in [9.17, 15) is 4.79 Å². The van der Waals surface area contributed by atoms with Crippen molar-refractivity contribution in [2.75, 3.05) is 5.32 Å². The van der Waals surface area contributed by atoms with Gasteiger partial charge in [0.05, 0.1) is 5.92 Å². The minimum Gasteiger partial charge on any atom is -0.369 e. The molecular weight excluding hydrogens is 216 g/mol. The molecule has 0 spiro atoms. The van der Waals surface area contributed by atoms with E-state index in [-0.39, 0.29) is 17.9 Å². The average molecular weight is 234 g/mol. The lowest BCUT2D eigenvalue weighted by Gasteiger charge is -2.23. The Bertz CT molecular complexity index is 368. The van der Waals surface area contributed by atoms with Crippen molar-refractivity contribution >= 4 is 11.9 Å². The summed E-state index contributed by atoms with van der Waals surface area (Å²) in [7, 11) is 0. The minimum atomic E-state index is -0.222. The van der Waals surface area contributed by atoms with Gasteiger partial charge in [0, 0.05) is 18.4 Å². The quantitative estimate of drug-likeness (QED) is 0.773. The monoisotopic (exact) mass is 234 g/mol. The van der Waals surface area contributed by atoms with Crippen LogP contribution in [0.1, 0.15) is 32.1 Å². The first kappa shape index (κ1) is 11.8. The van der Waals surface area contributed by atoms with Crippen LogP contribution in [0.2, 0.25) is 0 Å². The van der Waals surface area contributed by atoms with Crippen LogP contribution in [0.15, 0.2) is 18.5 Å². The van der Waals surface area contributed by atoms with Crippen LogP contribution < -0.4 is 11.1 Å². The molecule has 5 nitrogen and oxygen atoms in total. The summed E-state index contributed by atoms with van der Waals surface area (Å²) < 4.78 is 0. The average Bonchev–Trinajstić information content (AvgIpc) is 2.56.